The van der Waals surface area contributed by atoms with Gasteiger partial charge in [-0.15, -0.1) is 0 Å². The van der Waals surface area contributed by atoms with E-state index in [9.17, 15) is 0 Å². The number of hydrogen-bond donors (Lipinski definition) is 0. The lowest BCUT2D eigenvalue weighted by Gasteiger charge is -2.05. The van der Waals surface area contributed by atoms with E-state index >= 15 is 0 Å². The largest absolute Gasteiger partial charge is 0.261 e. The molecule has 3 aromatic rings. The first-order chi connectivity index (χ1) is 8.83. The number of fused-ring (bicyclic) bond motifs is 1. The summed E-state index contributed by atoms with van der Waals surface area (Å²) in [5, 5.41) is 1.89. The summed E-state index contributed by atoms with van der Waals surface area (Å²) in [6.07, 6.45) is 4.34. The molecule has 2 nitrogen and oxygen atoms in total. The highest BCUT2D eigenvalue weighted by Gasteiger charge is 2.03. The van der Waals surface area contributed by atoms with Crippen LogP contribution in [0.1, 0.15) is 11.3 Å². The van der Waals surface area contributed by atoms with Gasteiger partial charge in [-0.05, 0) is 29.8 Å². The summed E-state index contributed by atoms with van der Waals surface area (Å²) in [5.41, 5.74) is 3.20. The number of benzene rings is 1. The summed E-state index contributed by atoms with van der Waals surface area (Å²) in [6.45, 7) is 0. The zero-order valence-electron chi connectivity index (χ0n) is 9.68. The Morgan fingerprint density at radius 1 is 0.944 bits per heavy atom. The van der Waals surface area contributed by atoms with Gasteiger partial charge in [0.15, 0.2) is 0 Å². The zero-order valence-corrected chi connectivity index (χ0v) is 10.4. The number of pyridine rings is 2. The van der Waals surface area contributed by atoms with E-state index in [4.69, 9.17) is 11.6 Å². The molecular weight excluding hydrogens is 244 g/mol. The summed E-state index contributed by atoms with van der Waals surface area (Å²) in [6, 6.07) is 13.8. The summed E-state index contributed by atoms with van der Waals surface area (Å²) in [5.74, 6) is 0. The van der Waals surface area contributed by atoms with E-state index < -0.39 is 0 Å². The highest BCUT2D eigenvalue weighted by Crippen LogP contribution is 2.19. The fraction of sp³-hybridized carbons (Fsp3) is 0.0667. The van der Waals surface area contributed by atoms with Crippen LogP contribution in [0.2, 0.25) is 5.02 Å². The van der Waals surface area contributed by atoms with Gasteiger partial charge in [-0.2, -0.15) is 0 Å². The fourth-order valence-corrected chi connectivity index (χ4v) is 2.23. The Morgan fingerprint density at radius 2 is 1.78 bits per heavy atom. The number of aromatic nitrogens is 2. The van der Waals surface area contributed by atoms with Crippen molar-refractivity contribution in [3.8, 4) is 0 Å². The summed E-state index contributed by atoms with van der Waals surface area (Å²) in [4.78, 5) is 8.69. The lowest BCUT2D eigenvalue weighted by Crippen LogP contribution is -1.93. The highest BCUT2D eigenvalue weighted by molar-refractivity contribution is 6.30. The van der Waals surface area contributed by atoms with Crippen molar-refractivity contribution >= 4 is 22.5 Å². The molecule has 0 atom stereocenters. The summed E-state index contributed by atoms with van der Waals surface area (Å²) >= 11 is 5.98. The van der Waals surface area contributed by atoms with Gasteiger partial charge in [0.25, 0.3) is 0 Å². The second-order valence-electron chi connectivity index (χ2n) is 4.13. The van der Waals surface area contributed by atoms with Crippen molar-refractivity contribution in [1.29, 1.82) is 0 Å². The Bertz CT molecular complexity index is 689. The molecule has 3 heteroatoms. The van der Waals surface area contributed by atoms with E-state index in [1.54, 1.807) is 12.3 Å². The molecule has 1 aromatic carbocycles. The molecule has 0 saturated heterocycles. The van der Waals surface area contributed by atoms with Gasteiger partial charge in [-0.1, -0.05) is 29.8 Å². The van der Waals surface area contributed by atoms with Gasteiger partial charge >= 0.3 is 0 Å². The van der Waals surface area contributed by atoms with Crippen molar-refractivity contribution in [2.75, 3.05) is 0 Å². The first-order valence-corrected chi connectivity index (χ1v) is 6.14. The van der Waals surface area contributed by atoms with Crippen molar-refractivity contribution in [3.05, 3.63) is 71.1 Å². The average Bonchev–Trinajstić information content (AvgIpc) is 2.39. The lowest BCUT2D eigenvalue weighted by molar-refractivity contribution is 1.08. The van der Waals surface area contributed by atoms with E-state index in [2.05, 4.69) is 16.0 Å². The zero-order chi connectivity index (χ0) is 12.4. The van der Waals surface area contributed by atoms with E-state index in [0.29, 0.717) is 0 Å². The topological polar surface area (TPSA) is 25.8 Å². The van der Waals surface area contributed by atoms with Gasteiger partial charge in [0, 0.05) is 34.9 Å². The van der Waals surface area contributed by atoms with E-state index in [-0.39, 0.29) is 0 Å². The predicted octanol–water partition coefficient (Wildman–Crippen LogP) is 3.87. The van der Waals surface area contributed by atoms with Crippen LogP contribution >= 0.6 is 11.6 Å². The molecule has 0 aliphatic carbocycles. The van der Waals surface area contributed by atoms with E-state index in [0.717, 1.165) is 22.7 Å². The van der Waals surface area contributed by atoms with Crippen LogP contribution < -0.4 is 0 Å². The number of halogens is 1. The molecule has 18 heavy (non-hydrogen) atoms. The van der Waals surface area contributed by atoms with Gasteiger partial charge in [0.1, 0.15) is 0 Å². The molecule has 0 amide bonds. The third-order valence-electron chi connectivity index (χ3n) is 2.89. The third-order valence-corrected chi connectivity index (χ3v) is 3.12. The molecule has 88 valence electrons. The fourth-order valence-electron chi connectivity index (χ4n) is 2.05. The minimum Gasteiger partial charge on any atom is -0.261 e. The van der Waals surface area contributed by atoms with Crippen molar-refractivity contribution < 1.29 is 0 Å². The summed E-state index contributed by atoms with van der Waals surface area (Å²) in [7, 11) is 0. The first-order valence-electron chi connectivity index (χ1n) is 5.76. The van der Waals surface area contributed by atoms with Crippen LogP contribution in [0.4, 0.5) is 0 Å². The van der Waals surface area contributed by atoms with E-state index in [1.807, 2.05) is 36.5 Å². The molecule has 2 heterocycles. The Balaban J connectivity index is 2.05. The molecule has 0 bridgehead atoms. The van der Waals surface area contributed by atoms with Gasteiger partial charge < -0.3 is 0 Å². The molecule has 0 fully saturated rings. The number of nitrogens with zero attached hydrogens (tertiary/aromatic N) is 2. The Morgan fingerprint density at radius 3 is 2.67 bits per heavy atom. The van der Waals surface area contributed by atoms with Crippen LogP contribution in [0.5, 0.6) is 0 Å². The van der Waals surface area contributed by atoms with Crippen molar-refractivity contribution in [1.82, 2.24) is 9.97 Å². The highest BCUT2D eigenvalue weighted by atomic mass is 35.5. The van der Waals surface area contributed by atoms with Crippen molar-refractivity contribution in [2.45, 2.75) is 6.42 Å². The Labute approximate surface area is 110 Å². The maximum atomic E-state index is 5.98. The average molecular weight is 255 g/mol. The van der Waals surface area contributed by atoms with Crippen LogP contribution in [0.3, 0.4) is 0 Å². The first kappa shape index (κ1) is 11.2. The normalized spacial score (nSPS) is 10.7. The van der Waals surface area contributed by atoms with Crippen LogP contribution in [-0.4, -0.2) is 9.97 Å². The van der Waals surface area contributed by atoms with Gasteiger partial charge in [0.05, 0.1) is 5.52 Å². The van der Waals surface area contributed by atoms with Crippen LogP contribution in [0.25, 0.3) is 10.9 Å². The van der Waals surface area contributed by atoms with Gasteiger partial charge in [-0.25, -0.2) is 0 Å². The minimum absolute atomic E-state index is 0.721. The maximum Gasteiger partial charge on any atom is 0.0704 e. The second-order valence-corrected chi connectivity index (χ2v) is 4.57. The van der Waals surface area contributed by atoms with Crippen LogP contribution in [0, 0.1) is 0 Å². The molecule has 3 rings (SSSR count). The smallest absolute Gasteiger partial charge is 0.0704 e. The molecular formula is C15H11ClN2. The third kappa shape index (κ3) is 2.20. The van der Waals surface area contributed by atoms with Gasteiger partial charge in [-0.3, -0.25) is 9.97 Å². The Kier molecular flexibility index (Phi) is 2.95. The standard InChI is InChI=1S/C15H11ClN2/c16-12-6-8-17-13(10-12)9-11-5-7-18-15-4-2-1-3-14(11)15/h1-8,10H,9H2. The predicted molar refractivity (Wildman–Crippen MR) is 73.8 cm³/mol. The molecule has 0 saturated carbocycles. The second kappa shape index (κ2) is 4.75. The van der Waals surface area contributed by atoms with Gasteiger partial charge in [0.2, 0.25) is 0 Å². The molecule has 0 radical (unpaired) electrons. The molecule has 0 spiro atoms. The van der Waals surface area contributed by atoms with Crippen LogP contribution in [0.15, 0.2) is 54.9 Å². The summed E-state index contributed by atoms with van der Waals surface area (Å²) < 4.78 is 0. The molecule has 2 aromatic heterocycles. The Hall–Kier alpha value is -1.93. The number of hydrogen-bond acceptors (Lipinski definition) is 2. The molecule has 0 unspecified atom stereocenters. The SMILES string of the molecule is Clc1ccnc(Cc2ccnc3ccccc23)c1. The molecule has 0 N–H and O–H groups in total. The van der Waals surface area contributed by atoms with Crippen molar-refractivity contribution in [3.63, 3.8) is 0 Å². The quantitative estimate of drug-likeness (QED) is 0.694. The molecule has 0 aliphatic rings. The monoisotopic (exact) mass is 254 g/mol. The maximum absolute atomic E-state index is 5.98. The van der Waals surface area contributed by atoms with E-state index in [1.165, 1.54) is 10.9 Å². The molecule has 0 aliphatic heterocycles. The number of para-hydroxylation sites is 1. The number of rotatable bonds is 2. The van der Waals surface area contributed by atoms with Crippen LogP contribution in [-0.2, 0) is 6.42 Å². The van der Waals surface area contributed by atoms with Crippen molar-refractivity contribution in [2.24, 2.45) is 0 Å². The lowest BCUT2D eigenvalue weighted by atomic mass is 10.0. The minimum atomic E-state index is 0.721.